The number of hydrogen-bond acceptors (Lipinski definition) is 6. The van der Waals surface area contributed by atoms with E-state index in [0.29, 0.717) is 28.1 Å². The van der Waals surface area contributed by atoms with Gasteiger partial charge in [0.1, 0.15) is 15.7 Å². The van der Waals surface area contributed by atoms with Crippen LogP contribution in [0.15, 0.2) is 77.1 Å². The van der Waals surface area contributed by atoms with E-state index in [9.17, 15) is 13.2 Å². The molecule has 0 fully saturated rings. The number of sulfonamides is 1. The zero-order chi connectivity index (χ0) is 22.7. The molecule has 164 valence electrons. The van der Waals surface area contributed by atoms with Crippen molar-refractivity contribution in [1.29, 1.82) is 0 Å². The van der Waals surface area contributed by atoms with Crippen molar-refractivity contribution in [2.75, 3.05) is 4.72 Å². The van der Waals surface area contributed by atoms with Gasteiger partial charge in [0.2, 0.25) is 5.91 Å². The fourth-order valence-corrected chi connectivity index (χ4v) is 5.61. The second-order valence-electron chi connectivity index (χ2n) is 7.11. The Balaban J connectivity index is 1.64. The molecule has 4 aromatic rings. The van der Waals surface area contributed by atoms with Gasteiger partial charge in [-0.25, -0.2) is 8.42 Å². The van der Waals surface area contributed by atoms with Crippen molar-refractivity contribution >= 4 is 43.9 Å². The minimum absolute atomic E-state index is 0.151. The molecule has 2 aromatic carbocycles. The maximum absolute atomic E-state index is 13.0. The van der Waals surface area contributed by atoms with Crippen LogP contribution < -0.4 is 14.8 Å². The summed E-state index contributed by atoms with van der Waals surface area (Å²) < 4.78 is 34.8. The molecule has 7 nitrogen and oxygen atoms in total. The molecule has 1 amide bonds. The van der Waals surface area contributed by atoms with Gasteiger partial charge in [-0.1, -0.05) is 18.2 Å². The van der Waals surface area contributed by atoms with Crippen molar-refractivity contribution in [1.82, 2.24) is 10.3 Å². The fourth-order valence-electron chi connectivity index (χ4n) is 3.22. The summed E-state index contributed by atoms with van der Waals surface area (Å²) in [5, 5.41) is 3.44. The van der Waals surface area contributed by atoms with Gasteiger partial charge in [-0.3, -0.25) is 14.5 Å². The molecule has 0 aliphatic heterocycles. The molecule has 1 atom stereocenters. The summed E-state index contributed by atoms with van der Waals surface area (Å²) in [5.41, 5.74) is 0.832. The minimum atomic E-state index is -3.84. The number of benzene rings is 2. The Hall–Kier alpha value is -3.43. The first-order chi connectivity index (χ1) is 15.3. The van der Waals surface area contributed by atoms with E-state index in [-0.39, 0.29) is 16.2 Å². The Morgan fingerprint density at radius 3 is 2.56 bits per heavy atom. The van der Waals surface area contributed by atoms with Crippen molar-refractivity contribution in [3.8, 4) is 11.5 Å². The van der Waals surface area contributed by atoms with E-state index in [1.807, 2.05) is 36.4 Å². The summed E-state index contributed by atoms with van der Waals surface area (Å²) in [4.78, 5) is 16.4. The molecule has 0 aliphatic carbocycles. The van der Waals surface area contributed by atoms with E-state index in [1.54, 1.807) is 37.4 Å². The van der Waals surface area contributed by atoms with Crippen LogP contribution in [0, 0.1) is 0 Å². The molecule has 0 saturated heterocycles. The van der Waals surface area contributed by atoms with Gasteiger partial charge in [-0.15, -0.1) is 11.3 Å². The van der Waals surface area contributed by atoms with E-state index in [4.69, 9.17) is 4.74 Å². The SMILES string of the molecule is CC(=O)NC(C)c1ccc(S(=O)(=O)Nc2ccc(Oc3ccccc3)c3cccnc23)s1. The third kappa shape index (κ3) is 4.74. The number of nitrogens with zero attached hydrogens (tertiary/aromatic N) is 1. The summed E-state index contributed by atoms with van der Waals surface area (Å²) in [6, 6.07) is 19.2. The summed E-state index contributed by atoms with van der Waals surface area (Å²) in [6.07, 6.45) is 1.60. The van der Waals surface area contributed by atoms with Crippen LogP contribution in [-0.2, 0) is 14.8 Å². The number of para-hydroxylation sites is 1. The fraction of sp³-hybridized carbons (Fsp3) is 0.130. The normalized spacial score (nSPS) is 12.3. The smallest absolute Gasteiger partial charge is 0.271 e. The largest absolute Gasteiger partial charge is 0.457 e. The van der Waals surface area contributed by atoms with Crippen LogP contribution in [0.4, 0.5) is 5.69 Å². The van der Waals surface area contributed by atoms with Crippen LogP contribution in [0.5, 0.6) is 11.5 Å². The molecule has 1 unspecified atom stereocenters. The maximum atomic E-state index is 13.0. The minimum Gasteiger partial charge on any atom is -0.457 e. The highest BCUT2D eigenvalue weighted by Gasteiger charge is 2.21. The van der Waals surface area contributed by atoms with Crippen molar-refractivity contribution in [3.05, 3.63) is 77.8 Å². The molecule has 0 spiro atoms. The maximum Gasteiger partial charge on any atom is 0.271 e. The predicted octanol–water partition coefficient (Wildman–Crippen LogP) is 5.09. The highest BCUT2D eigenvalue weighted by Crippen LogP contribution is 2.35. The molecular weight excluding hydrogens is 446 g/mol. The monoisotopic (exact) mass is 467 g/mol. The van der Waals surface area contributed by atoms with Gasteiger partial charge >= 0.3 is 0 Å². The first-order valence-electron chi connectivity index (χ1n) is 9.84. The summed E-state index contributed by atoms with van der Waals surface area (Å²) >= 11 is 1.11. The van der Waals surface area contributed by atoms with Gasteiger partial charge in [0, 0.05) is 23.4 Å². The third-order valence-corrected chi connectivity index (χ3v) is 7.78. The van der Waals surface area contributed by atoms with Crippen molar-refractivity contribution in [2.24, 2.45) is 0 Å². The van der Waals surface area contributed by atoms with Crippen molar-refractivity contribution < 1.29 is 17.9 Å². The molecule has 32 heavy (non-hydrogen) atoms. The zero-order valence-electron chi connectivity index (χ0n) is 17.4. The first-order valence-corrected chi connectivity index (χ1v) is 12.1. The zero-order valence-corrected chi connectivity index (χ0v) is 19.0. The van der Waals surface area contributed by atoms with E-state index >= 15 is 0 Å². The van der Waals surface area contributed by atoms with Gasteiger partial charge in [-0.2, -0.15) is 0 Å². The number of carbonyl (C=O) groups excluding carboxylic acids is 1. The molecule has 0 saturated carbocycles. The lowest BCUT2D eigenvalue weighted by molar-refractivity contribution is -0.119. The predicted molar refractivity (Wildman–Crippen MR) is 126 cm³/mol. The average Bonchev–Trinajstić information content (AvgIpc) is 3.27. The number of aromatic nitrogens is 1. The number of hydrogen-bond donors (Lipinski definition) is 2. The number of fused-ring (bicyclic) bond motifs is 1. The third-order valence-electron chi connectivity index (χ3n) is 4.66. The Morgan fingerprint density at radius 1 is 1.03 bits per heavy atom. The second-order valence-corrected chi connectivity index (χ2v) is 10.1. The quantitative estimate of drug-likeness (QED) is 0.395. The van der Waals surface area contributed by atoms with Gasteiger partial charge in [0.15, 0.2) is 0 Å². The topological polar surface area (TPSA) is 97.4 Å². The molecule has 2 heterocycles. The number of rotatable bonds is 7. The molecule has 2 aromatic heterocycles. The molecule has 9 heteroatoms. The molecule has 2 N–H and O–H groups in total. The number of nitrogens with one attached hydrogen (secondary N) is 2. The number of pyridine rings is 1. The van der Waals surface area contributed by atoms with Crippen LogP contribution in [-0.4, -0.2) is 19.3 Å². The Morgan fingerprint density at radius 2 is 1.81 bits per heavy atom. The Kier molecular flexibility index (Phi) is 6.11. The Bertz CT molecular complexity index is 1370. The molecule has 0 aliphatic rings. The van der Waals surface area contributed by atoms with Crippen LogP contribution in [0.1, 0.15) is 24.8 Å². The summed E-state index contributed by atoms with van der Waals surface area (Å²) in [7, 11) is -3.84. The van der Waals surface area contributed by atoms with Gasteiger partial charge < -0.3 is 10.1 Å². The van der Waals surface area contributed by atoms with Crippen molar-refractivity contribution in [2.45, 2.75) is 24.1 Å². The standard InChI is InChI=1S/C23H21N3O4S2/c1-15(25-16(2)27)21-12-13-22(31-21)32(28,29)26-19-10-11-20(18-9-6-14-24-23(18)19)30-17-7-4-3-5-8-17/h3-15,26H,1-2H3,(H,25,27). The van der Waals surface area contributed by atoms with Crippen LogP contribution in [0.2, 0.25) is 0 Å². The van der Waals surface area contributed by atoms with Crippen LogP contribution in [0.3, 0.4) is 0 Å². The second kappa shape index (κ2) is 8.97. The number of ether oxygens (including phenoxy) is 1. The highest BCUT2D eigenvalue weighted by molar-refractivity contribution is 7.94. The number of anilines is 1. The highest BCUT2D eigenvalue weighted by atomic mass is 32.2. The van der Waals surface area contributed by atoms with E-state index in [2.05, 4.69) is 15.0 Å². The lowest BCUT2D eigenvalue weighted by Crippen LogP contribution is -2.22. The van der Waals surface area contributed by atoms with E-state index in [0.717, 1.165) is 16.2 Å². The van der Waals surface area contributed by atoms with Crippen LogP contribution >= 0.6 is 11.3 Å². The summed E-state index contributed by atoms with van der Waals surface area (Å²) in [5.74, 6) is 1.07. The van der Waals surface area contributed by atoms with Gasteiger partial charge in [0.25, 0.3) is 10.0 Å². The van der Waals surface area contributed by atoms with E-state index in [1.165, 1.54) is 13.0 Å². The lowest BCUT2D eigenvalue weighted by Gasteiger charge is -2.13. The van der Waals surface area contributed by atoms with E-state index < -0.39 is 10.0 Å². The average molecular weight is 468 g/mol. The van der Waals surface area contributed by atoms with Gasteiger partial charge in [-0.05, 0) is 55.5 Å². The number of carbonyl (C=O) groups is 1. The Labute approximate surface area is 190 Å². The van der Waals surface area contributed by atoms with Crippen molar-refractivity contribution in [3.63, 3.8) is 0 Å². The van der Waals surface area contributed by atoms with Gasteiger partial charge in [0.05, 0.1) is 17.2 Å². The molecular formula is C23H21N3O4S2. The van der Waals surface area contributed by atoms with Crippen LogP contribution in [0.25, 0.3) is 10.9 Å². The number of amides is 1. The first kappa shape index (κ1) is 21.8. The molecule has 4 rings (SSSR count). The molecule has 0 radical (unpaired) electrons. The molecule has 0 bridgehead atoms. The lowest BCUT2D eigenvalue weighted by atomic mass is 10.1. The number of thiophene rings is 1. The summed E-state index contributed by atoms with van der Waals surface area (Å²) in [6.45, 7) is 3.23.